The second kappa shape index (κ2) is 7.19. The van der Waals surface area contributed by atoms with Crippen molar-refractivity contribution in [3.05, 3.63) is 46.7 Å². The summed E-state index contributed by atoms with van der Waals surface area (Å²) in [5.41, 5.74) is 0.662. The Labute approximate surface area is 137 Å². The van der Waals surface area contributed by atoms with Crippen molar-refractivity contribution in [1.29, 1.82) is 0 Å². The molecule has 0 aliphatic heterocycles. The zero-order valence-electron chi connectivity index (χ0n) is 12.8. The van der Waals surface area contributed by atoms with E-state index < -0.39 is 11.7 Å². The van der Waals surface area contributed by atoms with E-state index in [2.05, 4.69) is 5.32 Å². The number of amides is 1. The van der Waals surface area contributed by atoms with Crippen LogP contribution < -0.4 is 19.5 Å². The van der Waals surface area contributed by atoms with Gasteiger partial charge in [0.2, 0.25) is 5.75 Å². The minimum Gasteiger partial charge on any atom is -0.493 e. The van der Waals surface area contributed by atoms with Crippen molar-refractivity contribution >= 4 is 23.2 Å². The van der Waals surface area contributed by atoms with Crippen LogP contribution in [0.2, 0.25) is 5.02 Å². The van der Waals surface area contributed by atoms with E-state index in [1.807, 2.05) is 0 Å². The molecule has 1 amide bonds. The zero-order chi connectivity index (χ0) is 17.0. The van der Waals surface area contributed by atoms with E-state index in [1.165, 1.54) is 33.5 Å². The van der Waals surface area contributed by atoms with E-state index in [0.29, 0.717) is 22.9 Å². The van der Waals surface area contributed by atoms with Crippen molar-refractivity contribution in [2.24, 2.45) is 0 Å². The van der Waals surface area contributed by atoms with Crippen LogP contribution in [0.25, 0.3) is 0 Å². The fourth-order valence-electron chi connectivity index (χ4n) is 1.99. The number of carbonyl (C=O) groups excluding carboxylic acids is 1. The summed E-state index contributed by atoms with van der Waals surface area (Å²) >= 11 is 5.68. The highest BCUT2D eigenvalue weighted by Gasteiger charge is 2.15. The molecule has 0 aliphatic rings. The number of nitrogens with one attached hydrogen (secondary N) is 1. The lowest BCUT2D eigenvalue weighted by Crippen LogP contribution is -2.12. The van der Waals surface area contributed by atoms with Crippen molar-refractivity contribution in [2.45, 2.75) is 0 Å². The minimum absolute atomic E-state index is 0.123. The van der Waals surface area contributed by atoms with Gasteiger partial charge in [-0.1, -0.05) is 11.6 Å². The van der Waals surface area contributed by atoms with Gasteiger partial charge in [-0.3, -0.25) is 4.79 Å². The van der Waals surface area contributed by atoms with Crippen molar-refractivity contribution in [2.75, 3.05) is 26.6 Å². The maximum Gasteiger partial charge on any atom is 0.255 e. The van der Waals surface area contributed by atoms with Crippen LogP contribution in [0.1, 0.15) is 10.4 Å². The molecule has 0 bridgehead atoms. The second-order valence-corrected chi connectivity index (χ2v) is 4.90. The molecule has 0 fully saturated rings. The van der Waals surface area contributed by atoms with Crippen molar-refractivity contribution < 1.29 is 23.4 Å². The lowest BCUT2D eigenvalue weighted by molar-refractivity contribution is 0.102. The maximum absolute atomic E-state index is 13.2. The summed E-state index contributed by atoms with van der Waals surface area (Å²) in [5.74, 6) is 0.188. The molecule has 0 unspecified atom stereocenters. The summed E-state index contributed by atoms with van der Waals surface area (Å²) in [4.78, 5) is 12.2. The Kier molecular flexibility index (Phi) is 5.28. The smallest absolute Gasteiger partial charge is 0.255 e. The Hall–Kier alpha value is -2.47. The number of ether oxygens (including phenoxy) is 3. The highest BCUT2D eigenvalue weighted by molar-refractivity contribution is 6.31. The lowest BCUT2D eigenvalue weighted by atomic mass is 10.2. The molecule has 0 saturated carbocycles. The molecular formula is C16H15ClFNO4. The van der Waals surface area contributed by atoms with Gasteiger partial charge in [-0.15, -0.1) is 0 Å². The molecule has 2 rings (SSSR count). The van der Waals surface area contributed by atoms with Crippen LogP contribution in [-0.4, -0.2) is 27.2 Å². The predicted octanol–water partition coefficient (Wildman–Crippen LogP) is 3.76. The first kappa shape index (κ1) is 16.9. The Balaban J connectivity index is 2.31. The third-order valence-corrected chi connectivity index (χ3v) is 3.39. The third-order valence-electron chi connectivity index (χ3n) is 3.10. The van der Waals surface area contributed by atoms with Crippen LogP contribution in [0, 0.1) is 5.82 Å². The molecule has 0 radical (unpaired) electrons. The van der Waals surface area contributed by atoms with Crippen LogP contribution in [-0.2, 0) is 0 Å². The van der Waals surface area contributed by atoms with Gasteiger partial charge < -0.3 is 19.5 Å². The number of benzene rings is 2. The van der Waals surface area contributed by atoms with Gasteiger partial charge in [0.1, 0.15) is 5.82 Å². The topological polar surface area (TPSA) is 56.8 Å². The largest absolute Gasteiger partial charge is 0.493 e. The average molecular weight is 340 g/mol. The molecule has 1 N–H and O–H groups in total. The van der Waals surface area contributed by atoms with Crippen LogP contribution in [0.4, 0.5) is 10.1 Å². The van der Waals surface area contributed by atoms with Crippen molar-refractivity contribution in [3.8, 4) is 17.2 Å². The summed E-state index contributed by atoms with van der Waals surface area (Å²) in [6.45, 7) is 0. The molecule has 7 heteroatoms. The maximum atomic E-state index is 13.2. The fourth-order valence-corrected chi connectivity index (χ4v) is 2.17. The SMILES string of the molecule is COc1cc(NC(=O)c2ccc(F)c(Cl)c2)cc(OC)c1OC. The first-order valence-electron chi connectivity index (χ1n) is 6.56. The van der Waals surface area contributed by atoms with E-state index in [0.717, 1.165) is 6.07 Å². The van der Waals surface area contributed by atoms with Crippen molar-refractivity contribution in [3.63, 3.8) is 0 Å². The normalized spacial score (nSPS) is 10.1. The zero-order valence-corrected chi connectivity index (χ0v) is 13.5. The van der Waals surface area contributed by atoms with E-state index in [-0.39, 0.29) is 10.6 Å². The molecule has 0 saturated heterocycles. The number of halogens is 2. The first-order chi connectivity index (χ1) is 11.0. The van der Waals surface area contributed by atoms with Gasteiger partial charge in [-0.2, -0.15) is 0 Å². The third kappa shape index (κ3) is 3.65. The van der Waals surface area contributed by atoms with Gasteiger partial charge in [0.25, 0.3) is 5.91 Å². The molecule has 0 heterocycles. The molecular weight excluding hydrogens is 325 g/mol. The highest BCUT2D eigenvalue weighted by atomic mass is 35.5. The molecule has 0 aliphatic carbocycles. The van der Waals surface area contributed by atoms with Crippen LogP contribution >= 0.6 is 11.6 Å². The van der Waals surface area contributed by atoms with Crippen LogP contribution in [0.15, 0.2) is 30.3 Å². The lowest BCUT2D eigenvalue weighted by Gasteiger charge is -2.14. The van der Waals surface area contributed by atoms with Gasteiger partial charge in [-0.05, 0) is 18.2 Å². The van der Waals surface area contributed by atoms with E-state index in [1.54, 1.807) is 12.1 Å². The highest BCUT2D eigenvalue weighted by Crippen LogP contribution is 2.40. The van der Waals surface area contributed by atoms with Gasteiger partial charge in [-0.25, -0.2) is 4.39 Å². The number of carbonyl (C=O) groups is 1. The van der Waals surface area contributed by atoms with Crippen LogP contribution in [0.5, 0.6) is 17.2 Å². The molecule has 0 spiro atoms. The molecule has 0 aromatic heterocycles. The monoisotopic (exact) mass is 339 g/mol. The number of anilines is 1. The summed E-state index contributed by atoms with van der Waals surface area (Å²) in [6, 6.07) is 6.90. The Morgan fingerprint density at radius 1 is 1.04 bits per heavy atom. The molecule has 0 atom stereocenters. The standard InChI is InChI=1S/C16H15ClFNO4/c1-21-13-7-10(8-14(22-2)15(13)23-3)19-16(20)9-4-5-12(18)11(17)6-9/h4-8H,1-3H3,(H,19,20). The number of hydrogen-bond donors (Lipinski definition) is 1. The van der Waals surface area contributed by atoms with Gasteiger partial charge in [0, 0.05) is 23.4 Å². The van der Waals surface area contributed by atoms with Gasteiger partial charge in [0.15, 0.2) is 11.5 Å². The molecule has 23 heavy (non-hydrogen) atoms. The molecule has 122 valence electrons. The van der Waals surface area contributed by atoms with E-state index in [9.17, 15) is 9.18 Å². The summed E-state index contributed by atoms with van der Waals surface area (Å²) in [7, 11) is 4.43. The number of rotatable bonds is 5. The average Bonchev–Trinajstić information content (AvgIpc) is 2.56. The quantitative estimate of drug-likeness (QED) is 0.901. The fraction of sp³-hybridized carbons (Fsp3) is 0.188. The number of hydrogen-bond acceptors (Lipinski definition) is 4. The Morgan fingerprint density at radius 2 is 1.65 bits per heavy atom. The second-order valence-electron chi connectivity index (χ2n) is 4.50. The predicted molar refractivity (Wildman–Crippen MR) is 85.5 cm³/mol. The summed E-state index contributed by atoms with van der Waals surface area (Å²) < 4.78 is 28.8. The van der Waals surface area contributed by atoms with Crippen molar-refractivity contribution in [1.82, 2.24) is 0 Å². The first-order valence-corrected chi connectivity index (χ1v) is 6.94. The van der Waals surface area contributed by atoms with E-state index in [4.69, 9.17) is 25.8 Å². The van der Waals surface area contributed by atoms with Gasteiger partial charge in [0.05, 0.1) is 26.4 Å². The molecule has 2 aromatic rings. The summed E-state index contributed by atoms with van der Waals surface area (Å²) in [6.07, 6.45) is 0. The summed E-state index contributed by atoms with van der Waals surface area (Å²) in [5, 5.41) is 2.55. The van der Waals surface area contributed by atoms with E-state index >= 15 is 0 Å². The number of methoxy groups -OCH3 is 3. The molecule has 2 aromatic carbocycles. The van der Waals surface area contributed by atoms with Gasteiger partial charge >= 0.3 is 0 Å². The molecule has 5 nitrogen and oxygen atoms in total. The minimum atomic E-state index is -0.587. The Morgan fingerprint density at radius 3 is 2.13 bits per heavy atom. The van der Waals surface area contributed by atoms with Crippen LogP contribution in [0.3, 0.4) is 0 Å². The Bertz CT molecular complexity index is 711.